The highest BCUT2D eigenvalue weighted by Crippen LogP contribution is 2.38. The predicted molar refractivity (Wildman–Crippen MR) is 108 cm³/mol. The van der Waals surface area contributed by atoms with E-state index in [1.165, 1.54) is 12.0 Å². The number of para-hydroxylation sites is 1. The van der Waals surface area contributed by atoms with Gasteiger partial charge in [-0.3, -0.25) is 9.88 Å². The number of pyridine rings is 1. The van der Waals surface area contributed by atoms with Crippen LogP contribution in [0.15, 0.2) is 55.0 Å². The molecule has 0 spiro atoms. The van der Waals surface area contributed by atoms with Crippen LogP contribution in [0.4, 0.5) is 0 Å². The zero-order valence-electron chi connectivity index (χ0n) is 16.5. The van der Waals surface area contributed by atoms with Gasteiger partial charge in [0.05, 0.1) is 25.5 Å². The molecule has 28 heavy (non-hydrogen) atoms. The van der Waals surface area contributed by atoms with Crippen LogP contribution in [0.1, 0.15) is 42.6 Å². The third kappa shape index (κ3) is 4.22. The van der Waals surface area contributed by atoms with Gasteiger partial charge in [0.15, 0.2) is 0 Å². The lowest BCUT2D eigenvalue weighted by Crippen LogP contribution is -2.36. The van der Waals surface area contributed by atoms with E-state index in [9.17, 15) is 0 Å². The van der Waals surface area contributed by atoms with Gasteiger partial charge < -0.3 is 4.74 Å². The zero-order chi connectivity index (χ0) is 19.3. The maximum absolute atomic E-state index is 5.64. The van der Waals surface area contributed by atoms with Crippen LogP contribution in [0.3, 0.4) is 0 Å². The van der Waals surface area contributed by atoms with E-state index in [0.29, 0.717) is 18.5 Å². The maximum Gasteiger partial charge on any atom is 0.123 e. The third-order valence-corrected chi connectivity index (χ3v) is 5.49. The van der Waals surface area contributed by atoms with Gasteiger partial charge in [0.25, 0.3) is 0 Å². The van der Waals surface area contributed by atoms with Crippen molar-refractivity contribution < 1.29 is 4.74 Å². The van der Waals surface area contributed by atoms with Crippen LogP contribution < -0.4 is 4.74 Å². The van der Waals surface area contributed by atoms with Crippen molar-refractivity contribution >= 4 is 0 Å². The largest absolute Gasteiger partial charge is 0.496 e. The fourth-order valence-corrected chi connectivity index (χ4v) is 4.02. The molecule has 1 fully saturated rings. The summed E-state index contributed by atoms with van der Waals surface area (Å²) >= 11 is 0. The highest BCUT2D eigenvalue weighted by atomic mass is 16.5. The Labute approximate surface area is 166 Å². The van der Waals surface area contributed by atoms with E-state index in [4.69, 9.17) is 4.74 Å². The number of aromatic nitrogens is 4. The van der Waals surface area contributed by atoms with Gasteiger partial charge in [-0.1, -0.05) is 36.4 Å². The fraction of sp³-hybridized carbons (Fsp3) is 0.409. The molecule has 0 aliphatic carbocycles. The SMILES string of the molecule is COc1ccccc1[C@H]1C[C@@H](C)CCN1Cc1cn(Cc2cccnc2)nn1. The van der Waals surface area contributed by atoms with Gasteiger partial charge in [-0.05, 0) is 43.0 Å². The van der Waals surface area contributed by atoms with Crippen molar-refractivity contribution in [2.75, 3.05) is 13.7 Å². The molecule has 1 aliphatic rings. The number of likely N-dealkylation sites (tertiary alicyclic amines) is 1. The first kappa shape index (κ1) is 18.6. The van der Waals surface area contributed by atoms with Crippen LogP contribution in [0.25, 0.3) is 0 Å². The Hall–Kier alpha value is -2.73. The first-order valence-electron chi connectivity index (χ1n) is 9.88. The molecule has 0 saturated carbocycles. The third-order valence-electron chi connectivity index (χ3n) is 5.49. The van der Waals surface area contributed by atoms with Crippen LogP contribution in [0.2, 0.25) is 0 Å². The van der Waals surface area contributed by atoms with E-state index >= 15 is 0 Å². The molecule has 1 aliphatic heterocycles. The van der Waals surface area contributed by atoms with Crippen LogP contribution in [-0.4, -0.2) is 38.5 Å². The van der Waals surface area contributed by atoms with E-state index in [1.807, 2.05) is 29.2 Å². The van der Waals surface area contributed by atoms with E-state index in [1.54, 1.807) is 13.3 Å². The Balaban J connectivity index is 1.51. The number of nitrogens with zero attached hydrogens (tertiary/aromatic N) is 5. The van der Waals surface area contributed by atoms with Gasteiger partial charge in [0.2, 0.25) is 0 Å². The predicted octanol–water partition coefficient (Wildman–Crippen LogP) is 3.70. The summed E-state index contributed by atoms with van der Waals surface area (Å²) in [6.45, 7) is 4.87. The Bertz CT molecular complexity index is 895. The first-order valence-corrected chi connectivity index (χ1v) is 9.88. The smallest absolute Gasteiger partial charge is 0.123 e. The van der Waals surface area contributed by atoms with Gasteiger partial charge in [-0.15, -0.1) is 5.10 Å². The van der Waals surface area contributed by atoms with Crippen LogP contribution >= 0.6 is 0 Å². The molecule has 2 atom stereocenters. The van der Waals surface area contributed by atoms with Crippen molar-refractivity contribution in [1.29, 1.82) is 0 Å². The van der Waals surface area contributed by atoms with E-state index in [0.717, 1.165) is 36.5 Å². The Morgan fingerprint density at radius 2 is 2.04 bits per heavy atom. The summed E-state index contributed by atoms with van der Waals surface area (Å²) in [5.41, 5.74) is 3.38. The molecule has 1 saturated heterocycles. The second-order valence-corrected chi connectivity index (χ2v) is 7.63. The van der Waals surface area contributed by atoms with Crippen molar-refractivity contribution in [3.63, 3.8) is 0 Å². The van der Waals surface area contributed by atoms with Gasteiger partial charge in [-0.25, -0.2) is 4.68 Å². The molecule has 3 heterocycles. The Morgan fingerprint density at radius 3 is 2.86 bits per heavy atom. The van der Waals surface area contributed by atoms with Crippen molar-refractivity contribution in [2.45, 2.75) is 38.9 Å². The molecule has 0 N–H and O–H groups in total. The highest BCUT2D eigenvalue weighted by molar-refractivity contribution is 5.36. The number of hydrogen-bond acceptors (Lipinski definition) is 5. The maximum atomic E-state index is 5.64. The second-order valence-electron chi connectivity index (χ2n) is 7.63. The molecular formula is C22H27N5O. The standard InChI is InChI=1S/C22H27N5O/c1-17-9-11-26(21(12-17)20-7-3-4-8-22(20)28-2)15-19-16-27(25-24-19)14-18-6-5-10-23-13-18/h3-8,10,13,16-17,21H,9,11-12,14-15H2,1-2H3/t17-,21+/m0/s1. The fourth-order valence-electron chi connectivity index (χ4n) is 4.02. The van der Waals surface area contributed by atoms with Crippen LogP contribution in [0, 0.1) is 5.92 Å². The molecule has 0 amide bonds. The molecule has 1 aromatic carbocycles. The first-order chi connectivity index (χ1) is 13.7. The van der Waals surface area contributed by atoms with E-state index < -0.39 is 0 Å². The minimum atomic E-state index is 0.336. The second kappa shape index (κ2) is 8.52. The average Bonchev–Trinajstić information content (AvgIpc) is 3.17. The van der Waals surface area contributed by atoms with Crippen molar-refractivity contribution in [3.8, 4) is 5.75 Å². The summed E-state index contributed by atoms with van der Waals surface area (Å²) in [5.74, 6) is 1.67. The Morgan fingerprint density at radius 1 is 1.14 bits per heavy atom. The quantitative estimate of drug-likeness (QED) is 0.656. The number of rotatable bonds is 6. The lowest BCUT2D eigenvalue weighted by Gasteiger charge is -2.38. The molecule has 146 valence electrons. The minimum Gasteiger partial charge on any atom is -0.496 e. The summed E-state index contributed by atoms with van der Waals surface area (Å²) < 4.78 is 7.52. The summed E-state index contributed by atoms with van der Waals surface area (Å²) in [4.78, 5) is 6.68. The topological polar surface area (TPSA) is 56.1 Å². The number of ether oxygens (including phenoxy) is 1. The van der Waals surface area contributed by atoms with Crippen molar-refractivity contribution in [3.05, 3.63) is 71.8 Å². The molecule has 3 aromatic rings. The molecule has 6 nitrogen and oxygen atoms in total. The average molecular weight is 377 g/mol. The lowest BCUT2D eigenvalue weighted by molar-refractivity contribution is 0.107. The molecule has 2 aromatic heterocycles. The summed E-state index contributed by atoms with van der Waals surface area (Å²) in [5, 5.41) is 8.73. The van der Waals surface area contributed by atoms with E-state index in [-0.39, 0.29) is 0 Å². The molecule has 0 bridgehead atoms. The number of methoxy groups -OCH3 is 1. The summed E-state index contributed by atoms with van der Waals surface area (Å²) in [7, 11) is 1.75. The number of benzene rings is 1. The van der Waals surface area contributed by atoms with Gasteiger partial charge in [0, 0.05) is 30.5 Å². The minimum absolute atomic E-state index is 0.336. The lowest BCUT2D eigenvalue weighted by atomic mass is 9.88. The summed E-state index contributed by atoms with van der Waals surface area (Å²) in [6.07, 6.45) is 8.03. The molecule has 0 radical (unpaired) electrons. The molecule has 6 heteroatoms. The van der Waals surface area contributed by atoms with Gasteiger partial charge >= 0.3 is 0 Å². The number of piperidine rings is 1. The summed E-state index contributed by atoms with van der Waals surface area (Å²) in [6, 6.07) is 12.7. The monoisotopic (exact) mass is 377 g/mol. The van der Waals surface area contributed by atoms with Gasteiger partial charge in [-0.2, -0.15) is 0 Å². The highest BCUT2D eigenvalue weighted by Gasteiger charge is 2.30. The number of hydrogen-bond donors (Lipinski definition) is 0. The molecule has 4 rings (SSSR count). The Kier molecular flexibility index (Phi) is 5.67. The molecule has 0 unspecified atom stereocenters. The normalized spacial score (nSPS) is 20.2. The zero-order valence-corrected chi connectivity index (χ0v) is 16.5. The molecular weight excluding hydrogens is 350 g/mol. The van der Waals surface area contributed by atoms with E-state index in [2.05, 4.69) is 51.4 Å². The van der Waals surface area contributed by atoms with Crippen molar-refractivity contribution in [1.82, 2.24) is 24.9 Å². The van der Waals surface area contributed by atoms with Crippen molar-refractivity contribution in [2.24, 2.45) is 5.92 Å². The van der Waals surface area contributed by atoms with Crippen LogP contribution in [0.5, 0.6) is 5.75 Å². The van der Waals surface area contributed by atoms with Crippen LogP contribution in [-0.2, 0) is 13.1 Å². The van der Waals surface area contributed by atoms with Gasteiger partial charge in [0.1, 0.15) is 5.75 Å².